The topological polar surface area (TPSA) is 116 Å². The van der Waals surface area contributed by atoms with E-state index >= 15 is 0 Å². The van der Waals surface area contributed by atoms with E-state index < -0.39 is 15.5 Å². The van der Waals surface area contributed by atoms with Crippen molar-refractivity contribution >= 4 is 32.8 Å². The average Bonchev–Trinajstić information content (AvgIpc) is 2.73. The van der Waals surface area contributed by atoms with Gasteiger partial charge in [-0.15, -0.1) is 0 Å². The maximum atomic E-state index is 12.2. The van der Waals surface area contributed by atoms with Crippen LogP contribution in [0, 0.1) is 0 Å². The van der Waals surface area contributed by atoms with Crippen LogP contribution in [0.15, 0.2) is 50.5 Å². The van der Waals surface area contributed by atoms with Gasteiger partial charge in [-0.25, -0.2) is 18.2 Å². The molecule has 152 valence electrons. The number of aliphatic hydroxyl groups is 1. The van der Waals surface area contributed by atoms with Crippen molar-refractivity contribution in [2.75, 3.05) is 20.0 Å². The number of fused-ring (bicyclic) bond motifs is 1. The van der Waals surface area contributed by atoms with E-state index in [-0.39, 0.29) is 33.2 Å². The third-order valence-electron chi connectivity index (χ3n) is 4.27. The van der Waals surface area contributed by atoms with E-state index in [2.05, 4.69) is 4.98 Å². The quantitative estimate of drug-likeness (QED) is 0.609. The molecule has 3 rings (SSSR count). The normalized spacial score (nSPS) is 12.2. The maximum Gasteiger partial charge on any atom is 0.362 e. The lowest BCUT2D eigenvalue weighted by molar-refractivity contribution is 0.354. The molecule has 1 aromatic heterocycles. The molecule has 0 fully saturated rings. The molecule has 0 spiro atoms. The summed E-state index contributed by atoms with van der Waals surface area (Å²) >= 11 is 0. The van der Waals surface area contributed by atoms with Crippen molar-refractivity contribution in [1.29, 1.82) is 0 Å². The fraction of sp³-hybridized carbons (Fsp3) is 0.200. The fourth-order valence-electron chi connectivity index (χ4n) is 2.66. The highest BCUT2D eigenvalue weighted by molar-refractivity contribution is 7.91. The van der Waals surface area contributed by atoms with Crippen LogP contribution in [0.25, 0.3) is 22.9 Å². The molecule has 3 aromatic rings. The van der Waals surface area contributed by atoms with Crippen LogP contribution in [0.2, 0.25) is 0 Å². The second kappa shape index (κ2) is 7.96. The first kappa shape index (κ1) is 20.4. The van der Waals surface area contributed by atoms with Crippen LogP contribution in [0.5, 0.6) is 11.5 Å². The van der Waals surface area contributed by atoms with Crippen molar-refractivity contribution in [1.82, 2.24) is 4.98 Å². The largest absolute Gasteiger partial charge is 0.507 e. The van der Waals surface area contributed by atoms with Gasteiger partial charge in [-0.2, -0.15) is 0 Å². The van der Waals surface area contributed by atoms with Crippen molar-refractivity contribution in [3.05, 3.63) is 58.1 Å². The first-order valence-electron chi connectivity index (χ1n) is 8.59. The Morgan fingerprint density at radius 1 is 1.14 bits per heavy atom. The Morgan fingerprint density at radius 2 is 1.86 bits per heavy atom. The number of aliphatic hydroxyl groups excluding tert-OH is 1. The second-order valence-electron chi connectivity index (χ2n) is 6.02. The number of methoxy groups -OCH3 is 2. The van der Waals surface area contributed by atoms with Crippen molar-refractivity contribution in [3.8, 4) is 11.5 Å². The van der Waals surface area contributed by atoms with Crippen molar-refractivity contribution in [2.24, 2.45) is 0 Å². The van der Waals surface area contributed by atoms with Gasteiger partial charge in [0, 0.05) is 11.6 Å². The molecule has 0 saturated heterocycles. The SMILES string of the molecule is CCS(=O)(=O)c1ccc2oc(=O)c(C=C(O)c3ccc(OC)c(OC)c3)nc2c1. The molecule has 0 aliphatic rings. The zero-order valence-corrected chi connectivity index (χ0v) is 16.8. The number of hydrogen-bond donors (Lipinski definition) is 1. The summed E-state index contributed by atoms with van der Waals surface area (Å²) in [5.41, 5.74) is -0.240. The standard InChI is InChI=1S/C20H19NO7S/c1-4-29(24,25)13-6-8-17-14(10-13)21-15(20(23)28-17)11-16(22)12-5-7-18(26-2)19(9-12)27-3/h5-11,22H,4H2,1-3H3. The van der Waals surface area contributed by atoms with Crippen molar-refractivity contribution < 1.29 is 27.4 Å². The number of benzene rings is 2. The first-order chi connectivity index (χ1) is 13.8. The second-order valence-corrected chi connectivity index (χ2v) is 8.30. The van der Waals surface area contributed by atoms with Gasteiger partial charge in [0.2, 0.25) is 0 Å². The molecule has 1 N–H and O–H groups in total. The third kappa shape index (κ3) is 4.09. The van der Waals surface area contributed by atoms with E-state index in [1.165, 1.54) is 39.3 Å². The molecule has 0 unspecified atom stereocenters. The highest BCUT2D eigenvalue weighted by Crippen LogP contribution is 2.30. The Kier molecular flexibility index (Phi) is 5.60. The smallest absolute Gasteiger partial charge is 0.362 e. The van der Waals surface area contributed by atoms with Crippen LogP contribution in [0.1, 0.15) is 18.2 Å². The fourth-order valence-corrected chi connectivity index (χ4v) is 3.56. The summed E-state index contributed by atoms with van der Waals surface area (Å²) in [6.45, 7) is 1.54. The van der Waals surface area contributed by atoms with E-state index in [4.69, 9.17) is 13.9 Å². The van der Waals surface area contributed by atoms with Crippen LogP contribution < -0.4 is 15.1 Å². The highest BCUT2D eigenvalue weighted by Gasteiger charge is 2.15. The van der Waals surface area contributed by atoms with Gasteiger partial charge in [0.25, 0.3) is 0 Å². The summed E-state index contributed by atoms with van der Waals surface area (Å²) in [6.07, 6.45) is 1.15. The molecule has 1 heterocycles. The molecule has 2 aromatic carbocycles. The number of sulfone groups is 1. The van der Waals surface area contributed by atoms with Gasteiger partial charge >= 0.3 is 5.63 Å². The Morgan fingerprint density at radius 3 is 2.52 bits per heavy atom. The summed E-state index contributed by atoms with van der Waals surface area (Å²) in [5, 5.41) is 10.4. The van der Waals surface area contributed by atoms with Crippen LogP contribution in [-0.2, 0) is 9.84 Å². The average molecular weight is 417 g/mol. The Bertz CT molecular complexity index is 1260. The minimum absolute atomic E-state index is 0.0673. The van der Waals surface area contributed by atoms with Crippen molar-refractivity contribution in [3.63, 3.8) is 0 Å². The summed E-state index contributed by atoms with van der Waals surface area (Å²) in [5.74, 6) is 0.569. The maximum absolute atomic E-state index is 12.2. The Hall–Kier alpha value is -3.33. The van der Waals surface area contributed by atoms with Crippen LogP contribution in [0.3, 0.4) is 0 Å². The predicted octanol–water partition coefficient (Wildman–Crippen LogP) is 3.05. The van der Waals surface area contributed by atoms with E-state index in [0.717, 1.165) is 6.08 Å². The van der Waals surface area contributed by atoms with Crippen molar-refractivity contribution in [2.45, 2.75) is 11.8 Å². The minimum atomic E-state index is -3.44. The zero-order chi connectivity index (χ0) is 21.2. The number of hydrogen-bond acceptors (Lipinski definition) is 8. The lowest BCUT2D eigenvalue weighted by Gasteiger charge is -2.09. The molecule has 8 nitrogen and oxygen atoms in total. The molecule has 0 amide bonds. The summed E-state index contributed by atoms with van der Waals surface area (Å²) < 4.78 is 39.7. The predicted molar refractivity (Wildman–Crippen MR) is 108 cm³/mol. The van der Waals surface area contributed by atoms with Gasteiger partial charge in [-0.05, 0) is 36.4 Å². The van der Waals surface area contributed by atoms with E-state index in [0.29, 0.717) is 17.1 Å². The Labute approximate surface area is 167 Å². The number of aromatic nitrogens is 1. The summed E-state index contributed by atoms with van der Waals surface area (Å²) in [6, 6.07) is 8.82. The van der Waals surface area contributed by atoms with E-state index in [9.17, 15) is 18.3 Å². The van der Waals surface area contributed by atoms with Crippen LogP contribution >= 0.6 is 0 Å². The number of rotatable bonds is 6. The van der Waals surface area contributed by atoms with Gasteiger partial charge in [-0.3, -0.25) is 0 Å². The molecule has 0 aliphatic heterocycles. The van der Waals surface area contributed by atoms with E-state index in [1.807, 2.05) is 0 Å². The molecule has 0 atom stereocenters. The monoisotopic (exact) mass is 417 g/mol. The highest BCUT2D eigenvalue weighted by atomic mass is 32.2. The van der Waals surface area contributed by atoms with Crippen LogP contribution in [-0.4, -0.2) is 38.5 Å². The van der Waals surface area contributed by atoms with Gasteiger partial charge in [0.05, 0.1) is 24.9 Å². The molecular weight excluding hydrogens is 398 g/mol. The van der Waals surface area contributed by atoms with Crippen LogP contribution in [0.4, 0.5) is 0 Å². The molecule has 0 aliphatic carbocycles. The molecule has 0 saturated carbocycles. The van der Waals surface area contributed by atoms with Gasteiger partial charge in [0.1, 0.15) is 11.3 Å². The lowest BCUT2D eigenvalue weighted by Crippen LogP contribution is -2.08. The minimum Gasteiger partial charge on any atom is -0.507 e. The van der Waals surface area contributed by atoms with Gasteiger partial charge in [-0.1, -0.05) is 6.92 Å². The third-order valence-corrected chi connectivity index (χ3v) is 6.01. The molecule has 0 radical (unpaired) electrons. The Balaban J connectivity index is 2.09. The van der Waals surface area contributed by atoms with Gasteiger partial charge < -0.3 is 19.0 Å². The lowest BCUT2D eigenvalue weighted by atomic mass is 10.1. The zero-order valence-electron chi connectivity index (χ0n) is 16.0. The van der Waals surface area contributed by atoms with Gasteiger partial charge in [0.15, 0.2) is 32.6 Å². The summed E-state index contributed by atoms with van der Waals surface area (Å²) in [4.78, 5) is 16.5. The molecular formula is C20H19NO7S. The molecule has 9 heteroatoms. The first-order valence-corrected chi connectivity index (χ1v) is 10.2. The summed E-state index contributed by atoms with van der Waals surface area (Å²) in [7, 11) is -0.491. The number of nitrogens with zero attached hydrogens (tertiary/aromatic N) is 1. The van der Waals surface area contributed by atoms with E-state index in [1.54, 1.807) is 18.2 Å². The molecule has 29 heavy (non-hydrogen) atoms. The molecule has 0 bridgehead atoms. The number of ether oxygens (including phenoxy) is 2.